The zero-order valence-electron chi connectivity index (χ0n) is 15.3. The molecule has 140 valence electrons. The molecule has 1 amide bonds. The maximum atomic E-state index is 12.5. The quantitative estimate of drug-likeness (QED) is 0.555. The lowest BCUT2D eigenvalue weighted by Crippen LogP contribution is -2.14. The van der Waals surface area contributed by atoms with E-state index in [4.69, 9.17) is 9.47 Å². The molecule has 0 unspecified atom stereocenters. The lowest BCUT2D eigenvalue weighted by atomic mass is 10.2. The minimum Gasteiger partial charge on any atom is -0.497 e. The second kappa shape index (κ2) is 7.36. The molecule has 0 atom stereocenters. The second-order valence-electron chi connectivity index (χ2n) is 5.92. The average molecular weight is 375 g/mol. The molecule has 2 N–H and O–H groups in total. The summed E-state index contributed by atoms with van der Waals surface area (Å²) in [5.74, 6) is 1.45. The Balaban J connectivity index is 1.56. The van der Waals surface area contributed by atoms with E-state index in [1.54, 1.807) is 38.5 Å². The summed E-state index contributed by atoms with van der Waals surface area (Å²) in [5.41, 5.74) is 1.72. The van der Waals surface area contributed by atoms with Crippen LogP contribution in [0.2, 0.25) is 0 Å². The fraction of sp³-hybridized carbons (Fsp3) is 0.100. The topological polar surface area (TPSA) is 102 Å². The van der Waals surface area contributed by atoms with Crippen LogP contribution in [-0.2, 0) is 0 Å². The van der Waals surface area contributed by atoms with Crippen LogP contribution >= 0.6 is 0 Å². The van der Waals surface area contributed by atoms with Gasteiger partial charge in [0.1, 0.15) is 17.2 Å². The fourth-order valence-corrected chi connectivity index (χ4v) is 2.79. The first-order valence-corrected chi connectivity index (χ1v) is 8.50. The zero-order chi connectivity index (χ0) is 19.5. The van der Waals surface area contributed by atoms with E-state index in [0.29, 0.717) is 22.9 Å². The van der Waals surface area contributed by atoms with Gasteiger partial charge in [-0.15, -0.1) is 5.10 Å². The van der Waals surface area contributed by atoms with Crippen LogP contribution in [0, 0.1) is 0 Å². The number of aromatic amines is 1. The number of nitrogens with zero attached hydrogens (tertiary/aromatic N) is 3. The number of hydrogen-bond acceptors (Lipinski definition) is 6. The molecule has 28 heavy (non-hydrogen) atoms. The summed E-state index contributed by atoms with van der Waals surface area (Å²) in [7, 11) is 3.14. The lowest BCUT2D eigenvalue weighted by Gasteiger charge is -2.07. The minimum atomic E-state index is -0.391. The Hall–Kier alpha value is -3.94. The summed E-state index contributed by atoms with van der Waals surface area (Å²) in [6, 6.07) is 16.4. The predicted molar refractivity (Wildman–Crippen MR) is 105 cm³/mol. The van der Waals surface area contributed by atoms with E-state index in [-0.39, 0.29) is 11.6 Å². The Morgan fingerprint density at radius 3 is 2.68 bits per heavy atom. The van der Waals surface area contributed by atoms with Crippen LogP contribution in [0.25, 0.3) is 22.3 Å². The van der Waals surface area contributed by atoms with Gasteiger partial charge in [-0.25, -0.2) is 4.98 Å². The zero-order valence-corrected chi connectivity index (χ0v) is 15.3. The average Bonchev–Trinajstić information content (AvgIpc) is 3.21. The highest BCUT2D eigenvalue weighted by Gasteiger charge is 2.15. The molecule has 2 aromatic carbocycles. The molecule has 2 heterocycles. The number of amides is 1. The molecule has 8 nitrogen and oxygen atoms in total. The largest absolute Gasteiger partial charge is 0.497 e. The van der Waals surface area contributed by atoms with Crippen molar-refractivity contribution in [2.75, 3.05) is 19.5 Å². The van der Waals surface area contributed by atoms with Crippen molar-refractivity contribution < 1.29 is 14.3 Å². The number of nitrogens with one attached hydrogen (secondary N) is 2. The monoisotopic (exact) mass is 375 g/mol. The van der Waals surface area contributed by atoms with Gasteiger partial charge in [0.25, 0.3) is 5.91 Å². The van der Waals surface area contributed by atoms with Gasteiger partial charge in [0, 0.05) is 11.5 Å². The lowest BCUT2D eigenvalue weighted by molar-refractivity contribution is 0.102. The number of hydrogen-bond donors (Lipinski definition) is 2. The van der Waals surface area contributed by atoms with E-state index in [9.17, 15) is 4.79 Å². The summed E-state index contributed by atoms with van der Waals surface area (Å²) < 4.78 is 10.6. The molecule has 0 aliphatic rings. The SMILES string of the molecule is COc1ccc(-c2nc(NC(=O)c3ccc4ccccc4n3)n[nH]2)c(OC)c1. The van der Waals surface area contributed by atoms with Crippen LogP contribution in [-0.4, -0.2) is 40.3 Å². The first-order chi connectivity index (χ1) is 13.7. The van der Waals surface area contributed by atoms with Crippen molar-refractivity contribution in [1.29, 1.82) is 0 Å². The van der Waals surface area contributed by atoms with E-state index in [2.05, 4.69) is 25.5 Å². The van der Waals surface area contributed by atoms with E-state index in [0.717, 1.165) is 10.9 Å². The highest BCUT2D eigenvalue weighted by atomic mass is 16.5. The van der Waals surface area contributed by atoms with Crippen LogP contribution < -0.4 is 14.8 Å². The number of methoxy groups -OCH3 is 2. The Kier molecular flexibility index (Phi) is 4.59. The minimum absolute atomic E-state index is 0.146. The third-order valence-electron chi connectivity index (χ3n) is 4.21. The molecule has 0 radical (unpaired) electrons. The van der Waals surface area contributed by atoms with Gasteiger partial charge in [-0.2, -0.15) is 4.98 Å². The molecule has 0 saturated carbocycles. The van der Waals surface area contributed by atoms with Crippen LogP contribution in [0.3, 0.4) is 0 Å². The number of rotatable bonds is 5. The first-order valence-electron chi connectivity index (χ1n) is 8.50. The number of benzene rings is 2. The molecule has 8 heteroatoms. The molecule has 2 aromatic heterocycles. The summed E-state index contributed by atoms with van der Waals surface area (Å²) in [6.07, 6.45) is 0. The number of ether oxygens (including phenoxy) is 2. The predicted octanol–water partition coefficient (Wildman–Crippen LogP) is 3.29. The van der Waals surface area contributed by atoms with E-state index >= 15 is 0 Å². The maximum absolute atomic E-state index is 12.5. The summed E-state index contributed by atoms with van der Waals surface area (Å²) in [4.78, 5) is 21.2. The maximum Gasteiger partial charge on any atom is 0.276 e. The number of anilines is 1. The van der Waals surface area contributed by atoms with Crippen LogP contribution in [0.15, 0.2) is 54.6 Å². The molecule has 0 bridgehead atoms. The second-order valence-corrected chi connectivity index (χ2v) is 5.92. The number of aromatic nitrogens is 4. The number of carbonyl (C=O) groups is 1. The fourth-order valence-electron chi connectivity index (χ4n) is 2.79. The Labute approximate surface area is 160 Å². The highest BCUT2D eigenvalue weighted by molar-refractivity contribution is 6.03. The van der Waals surface area contributed by atoms with E-state index < -0.39 is 5.91 Å². The van der Waals surface area contributed by atoms with Crippen molar-refractivity contribution in [3.63, 3.8) is 0 Å². The summed E-state index contributed by atoms with van der Waals surface area (Å²) in [5, 5.41) is 10.5. The molecule has 4 aromatic rings. The van der Waals surface area contributed by atoms with Crippen molar-refractivity contribution in [3.05, 3.63) is 60.3 Å². The molecule has 0 saturated heterocycles. The summed E-state index contributed by atoms with van der Waals surface area (Å²) in [6.45, 7) is 0. The van der Waals surface area contributed by atoms with Crippen LogP contribution in [0.5, 0.6) is 11.5 Å². The number of fused-ring (bicyclic) bond motifs is 1. The van der Waals surface area contributed by atoms with Crippen molar-refractivity contribution in [2.45, 2.75) is 0 Å². The Morgan fingerprint density at radius 2 is 1.86 bits per heavy atom. The van der Waals surface area contributed by atoms with Crippen molar-refractivity contribution in [1.82, 2.24) is 20.2 Å². The molecule has 0 spiro atoms. The van der Waals surface area contributed by atoms with Crippen molar-refractivity contribution in [3.8, 4) is 22.9 Å². The van der Waals surface area contributed by atoms with Gasteiger partial charge in [0.15, 0.2) is 5.82 Å². The van der Waals surface area contributed by atoms with Gasteiger partial charge in [-0.3, -0.25) is 15.2 Å². The van der Waals surface area contributed by atoms with Gasteiger partial charge in [0.05, 0.1) is 25.3 Å². The third-order valence-corrected chi connectivity index (χ3v) is 4.21. The van der Waals surface area contributed by atoms with E-state index in [1.165, 1.54) is 0 Å². The molecule has 0 fully saturated rings. The van der Waals surface area contributed by atoms with E-state index in [1.807, 2.05) is 30.3 Å². The highest BCUT2D eigenvalue weighted by Crippen LogP contribution is 2.31. The van der Waals surface area contributed by atoms with Gasteiger partial charge in [-0.05, 0) is 24.3 Å². The van der Waals surface area contributed by atoms with Crippen LogP contribution in [0.4, 0.5) is 5.95 Å². The summed E-state index contributed by atoms with van der Waals surface area (Å²) >= 11 is 0. The van der Waals surface area contributed by atoms with Gasteiger partial charge in [0.2, 0.25) is 5.95 Å². The van der Waals surface area contributed by atoms with Crippen molar-refractivity contribution in [2.24, 2.45) is 0 Å². The third kappa shape index (κ3) is 3.35. The first kappa shape index (κ1) is 17.5. The standard InChI is InChI=1S/C20H17N5O3/c1-27-13-8-9-14(17(11-13)28-2)18-22-20(25-24-18)23-19(26)16-10-7-12-5-3-4-6-15(12)21-16/h3-11H,1-2H3,(H2,22,23,24,25,26). The smallest absolute Gasteiger partial charge is 0.276 e. The molecule has 0 aliphatic heterocycles. The number of para-hydroxylation sites is 1. The number of pyridine rings is 1. The molecular weight excluding hydrogens is 358 g/mol. The molecule has 0 aliphatic carbocycles. The Morgan fingerprint density at radius 1 is 1.00 bits per heavy atom. The van der Waals surface area contributed by atoms with Gasteiger partial charge < -0.3 is 9.47 Å². The number of carbonyl (C=O) groups excluding carboxylic acids is 1. The van der Waals surface area contributed by atoms with Crippen LogP contribution in [0.1, 0.15) is 10.5 Å². The molecule has 4 rings (SSSR count). The van der Waals surface area contributed by atoms with Crippen molar-refractivity contribution >= 4 is 22.8 Å². The number of H-pyrrole nitrogens is 1. The Bertz CT molecular complexity index is 1160. The molecular formula is C20H17N5O3. The van der Waals surface area contributed by atoms with Gasteiger partial charge >= 0.3 is 0 Å². The normalized spacial score (nSPS) is 10.6. The van der Waals surface area contributed by atoms with Gasteiger partial charge in [-0.1, -0.05) is 24.3 Å².